The third-order valence-electron chi connectivity index (χ3n) is 2.38. The van der Waals surface area contributed by atoms with Crippen LogP contribution in [0.5, 0.6) is 0 Å². The topological polar surface area (TPSA) is 80.0 Å². The van der Waals surface area contributed by atoms with Crippen LogP contribution in [0.2, 0.25) is 0 Å². The molecule has 1 heterocycles. The average molecular weight is 260 g/mol. The van der Waals surface area contributed by atoms with Gasteiger partial charge in [0.15, 0.2) is 0 Å². The Balaban J connectivity index is 1.97. The summed E-state index contributed by atoms with van der Waals surface area (Å²) in [6.07, 6.45) is 1.58. The number of nitrogens with one attached hydrogen (secondary N) is 2. The SMILES string of the molecule is NCc1ccc(NC(=O)Nc2cccc(F)c2)nc1. The fourth-order valence-electron chi connectivity index (χ4n) is 1.46. The average Bonchev–Trinajstić information content (AvgIpc) is 2.39. The molecule has 0 aliphatic rings. The molecule has 0 fully saturated rings. The molecule has 1 aromatic carbocycles. The van der Waals surface area contributed by atoms with Gasteiger partial charge in [0.1, 0.15) is 11.6 Å². The minimum Gasteiger partial charge on any atom is -0.326 e. The number of carbonyl (C=O) groups excluding carboxylic acids is 1. The van der Waals surface area contributed by atoms with Crippen LogP contribution in [0.3, 0.4) is 0 Å². The predicted molar refractivity (Wildman–Crippen MR) is 71.2 cm³/mol. The third kappa shape index (κ3) is 3.75. The molecule has 0 radical (unpaired) electrons. The van der Waals surface area contributed by atoms with Crippen molar-refractivity contribution >= 4 is 17.5 Å². The fourth-order valence-corrected chi connectivity index (χ4v) is 1.46. The Morgan fingerprint density at radius 1 is 1.26 bits per heavy atom. The monoisotopic (exact) mass is 260 g/mol. The summed E-state index contributed by atoms with van der Waals surface area (Å²) in [5, 5.41) is 5.04. The van der Waals surface area contributed by atoms with E-state index in [1.165, 1.54) is 18.2 Å². The highest BCUT2D eigenvalue weighted by molar-refractivity contribution is 5.99. The van der Waals surface area contributed by atoms with Crippen LogP contribution in [0.1, 0.15) is 5.56 Å². The molecule has 0 unspecified atom stereocenters. The zero-order valence-electron chi connectivity index (χ0n) is 10.1. The molecule has 2 rings (SSSR count). The molecule has 0 atom stereocenters. The number of amides is 2. The van der Waals surface area contributed by atoms with Crippen LogP contribution in [0.4, 0.5) is 20.7 Å². The number of rotatable bonds is 3. The lowest BCUT2D eigenvalue weighted by atomic mass is 10.3. The smallest absolute Gasteiger partial charge is 0.324 e. The zero-order chi connectivity index (χ0) is 13.7. The molecule has 5 nitrogen and oxygen atoms in total. The Bertz CT molecular complexity index is 571. The number of aromatic nitrogens is 1. The van der Waals surface area contributed by atoms with Crippen molar-refractivity contribution in [3.63, 3.8) is 0 Å². The van der Waals surface area contributed by atoms with Crippen LogP contribution >= 0.6 is 0 Å². The van der Waals surface area contributed by atoms with Crippen LogP contribution in [0.15, 0.2) is 42.6 Å². The molecule has 4 N–H and O–H groups in total. The third-order valence-corrected chi connectivity index (χ3v) is 2.38. The number of anilines is 2. The van der Waals surface area contributed by atoms with E-state index < -0.39 is 11.8 Å². The first-order valence-corrected chi connectivity index (χ1v) is 5.66. The maximum Gasteiger partial charge on any atom is 0.324 e. The van der Waals surface area contributed by atoms with E-state index in [0.29, 0.717) is 18.1 Å². The van der Waals surface area contributed by atoms with Gasteiger partial charge < -0.3 is 11.1 Å². The fraction of sp³-hybridized carbons (Fsp3) is 0.0769. The second-order valence-corrected chi connectivity index (χ2v) is 3.85. The maximum atomic E-state index is 12.9. The lowest BCUT2D eigenvalue weighted by Crippen LogP contribution is -2.20. The van der Waals surface area contributed by atoms with Gasteiger partial charge in [0.25, 0.3) is 0 Å². The van der Waals surface area contributed by atoms with E-state index in [9.17, 15) is 9.18 Å². The Labute approximate surface area is 109 Å². The normalized spacial score (nSPS) is 10.0. The van der Waals surface area contributed by atoms with Crippen molar-refractivity contribution in [2.75, 3.05) is 10.6 Å². The lowest BCUT2D eigenvalue weighted by molar-refractivity contribution is 0.262. The van der Waals surface area contributed by atoms with Gasteiger partial charge >= 0.3 is 6.03 Å². The molecule has 6 heteroatoms. The molecule has 1 aromatic heterocycles. The summed E-state index contributed by atoms with van der Waals surface area (Å²) in [6, 6.07) is 8.56. The van der Waals surface area contributed by atoms with Gasteiger partial charge in [0.2, 0.25) is 0 Å². The number of urea groups is 1. The van der Waals surface area contributed by atoms with Crippen molar-refractivity contribution < 1.29 is 9.18 Å². The summed E-state index contributed by atoms with van der Waals surface area (Å²) in [7, 11) is 0. The van der Waals surface area contributed by atoms with E-state index in [-0.39, 0.29) is 0 Å². The zero-order valence-corrected chi connectivity index (χ0v) is 10.1. The number of hydrogen-bond acceptors (Lipinski definition) is 3. The molecule has 0 saturated heterocycles. The molecule has 0 spiro atoms. The van der Waals surface area contributed by atoms with Crippen LogP contribution in [0, 0.1) is 5.82 Å². The van der Waals surface area contributed by atoms with Crippen LogP contribution in [0.25, 0.3) is 0 Å². The number of pyridine rings is 1. The first kappa shape index (κ1) is 13.0. The van der Waals surface area contributed by atoms with Crippen LogP contribution < -0.4 is 16.4 Å². The molecule has 0 aliphatic heterocycles. The van der Waals surface area contributed by atoms with Gasteiger partial charge in [0, 0.05) is 18.4 Å². The van der Waals surface area contributed by atoms with Crippen molar-refractivity contribution in [1.29, 1.82) is 0 Å². The van der Waals surface area contributed by atoms with Gasteiger partial charge in [-0.15, -0.1) is 0 Å². The summed E-state index contributed by atoms with van der Waals surface area (Å²) in [6.45, 7) is 0.392. The highest BCUT2D eigenvalue weighted by atomic mass is 19.1. The number of halogens is 1. The van der Waals surface area contributed by atoms with Crippen LogP contribution in [-0.2, 0) is 6.54 Å². The van der Waals surface area contributed by atoms with Gasteiger partial charge in [-0.3, -0.25) is 5.32 Å². The van der Waals surface area contributed by atoms with Gasteiger partial charge in [-0.1, -0.05) is 12.1 Å². The first-order chi connectivity index (χ1) is 9.17. The lowest BCUT2D eigenvalue weighted by Gasteiger charge is -2.07. The summed E-state index contributed by atoms with van der Waals surface area (Å²) < 4.78 is 12.9. The number of carbonyl (C=O) groups is 1. The summed E-state index contributed by atoms with van der Waals surface area (Å²) in [5.41, 5.74) is 6.69. The van der Waals surface area contributed by atoms with Gasteiger partial charge in [0.05, 0.1) is 0 Å². The van der Waals surface area contributed by atoms with Gasteiger partial charge in [-0.05, 0) is 29.8 Å². The minimum absolute atomic E-state index is 0.371. The molecule has 0 saturated carbocycles. The Morgan fingerprint density at radius 2 is 2.11 bits per heavy atom. The maximum absolute atomic E-state index is 12.9. The van der Waals surface area contributed by atoms with Crippen molar-refractivity contribution in [3.05, 3.63) is 54.0 Å². The molecule has 2 aromatic rings. The molecule has 0 bridgehead atoms. The molecule has 98 valence electrons. The van der Waals surface area contributed by atoms with E-state index >= 15 is 0 Å². The molecule has 0 aliphatic carbocycles. The second-order valence-electron chi connectivity index (χ2n) is 3.85. The van der Waals surface area contributed by atoms with E-state index in [4.69, 9.17) is 5.73 Å². The predicted octanol–water partition coefficient (Wildman–Crippen LogP) is 2.32. The molecular weight excluding hydrogens is 247 g/mol. The van der Waals surface area contributed by atoms with Gasteiger partial charge in [-0.2, -0.15) is 0 Å². The van der Waals surface area contributed by atoms with E-state index in [1.54, 1.807) is 24.4 Å². The van der Waals surface area contributed by atoms with Crippen molar-refractivity contribution in [2.45, 2.75) is 6.54 Å². The molecular formula is C13H13FN4O. The van der Waals surface area contributed by atoms with E-state index in [2.05, 4.69) is 15.6 Å². The Morgan fingerprint density at radius 3 is 2.74 bits per heavy atom. The summed E-state index contributed by atoms with van der Waals surface area (Å²) in [4.78, 5) is 15.7. The number of nitrogens with two attached hydrogens (primary N) is 1. The highest BCUT2D eigenvalue weighted by Crippen LogP contribution is 2.10. The highest BCUT2D eigenvalue weighted by Gasteiger charge is 2.04. The quantitative estimate of drug-likeness (QED) is 0.792. The largest absolute Gasteiger partial charge is 0.326 e. The van der Waals surface area contributed by atoms with Gasteiger partial charge in [-0.25, -0.2) is 14.2 Å². The molecule has 2 amide bonds. The van der Waals surface area contributed by atoms with Crippen molar-refractivity contribution in [2.24, 2.45) is 5.73 Å². The standard InChI is InChI=1S/C13H13FN4O/c14-10-2-1-3-11(6-10)17-13(19)18-12-5-4-9(7-15)8-16-12/h1-6,8H,7,15H2,(H2,16,17,18,19). The number of benzene rings is 1. The minimum atomic E-state index is -0.487. The number of nitrogens with zero attached hydrogens (tertiary/aromatic N) is 1. The second kappa shape index (κ2) is 5.92. The van der Waals surface area contributed by atoms with Crippen molar-refractivity contribution in [1.82, 2.24) is 4.98 Å². The van der Waals surface area contributed by atoms with E-state index in [1.807, 2.05) is 0 Å². The number of hydrogen-bond donors (Lipinski definition) is 3. The van der Waals surface area contributed by atoms with Crippen molar-refractivity contribution in [3.8, 4) is 0 Å². The summed E-state index contributed by atoms with van der Waals surface area (Å²) >= 11 is 0. The van der Waals surface area contributed by atoms with E-state index in [0.717, 1.165) is 5.56 Å². The first-order valence-electron chi connectivity index (χ1n) is 5.66. The van der Waals surface area contributed by atoms with Crippen LogP contribution in [-0.4, -0.2) is 11.0 Å². The molecule has 19 heavy (non-hydrogen) atoms. The Hall–Kier alpha value is -2.47. The summed E-state index contributed by atoms with van der Waals surface area (Å²) in [5.74, 6) is -0.0191. The Kier molecular flexibility index (Phi) is 4.04.